The molecule has 1 aromatic heterocycles. The summed E-state index contributed by atoms with van der Waals surface area (Å²) in [5, 5.41) is 10.7. The Labute approximate surface area is 126 Å². The van der Waals surface area contributed by atoms with Crippen molar-refractivity contribution in [3.05, 3.63) is 24.5 Å². The summed E-state index contributed by atoms with van der Waals surface area (Å²) in [6.45, 7) is 2.40. The molecule has 4 nitrogen and oxygen atoms in total. The second-order valence-electron chi connectivity index (χ2n) is 6.66. The topological polar surface area (TPSA) is 45.5 Å². The van der Waals surface area contributed by atoms with Crippen LogP contribution in [0.4, 0.5) is 0 Å². The van der Waals surface area contributed by atoms with E-state index in [1.165, 1.54) is 6.42 Å². The summed E-state index contributed by atoms with van der Waals surface area (Å²) in [6, 6.07) is 4.02. The van der Waals surface area contributed by atoms with Crippen molar-refractivity contribution in [2.45, 2.75) is 57.1 Å². The largest absolute Gasteiger partial charge is 0.389 e. The zero-order valence-electron chi connectivity index (χ0n) is 12.7. The van der Waals surface area contributed by atoms with Crippen molar-refractivity contribution in [2.24, 2.45) is 5.92 Å². The zero-order chi connectivity index (χ0) is 14.7. The third-order valence-corrected chi connectivity index (χ3v) is 5.25. The van der Waals surface area contributed by atoms with Crippen LogP contribution in [0.2, 0.25) is 0 Å². The fourth-order valence-electron chi connectivity index (χ4n) is 3.89. The van der Waals surface area contributed by atoms with Crippen LogP contribution in [0.25, 0.3) is 0 Å². The van der Waals surface area contributed by atoms with Crippen LogP contribution in [0.15, 0.2) is 24.5 Å². The van der Waals surface area contributed by atoms with Gasteiger partial charge < -0.3 is 14.6 Å². The van der Waals surface area contributed by atoms with Gasteiger partial charge in [-0.15, -0.1) is 0 Å². The Hall–Kier alpha value is -1.29. The molecular weight excluding hydrogens is 264 g/mol. The van der Waals surface area contributed by atoms with Crippen LogP contribution >= 0.6 is 0 Å². The van der Waals surface area contributed by atoms with Gasteiger partial charge in [0.05, 0.1) is 5.60 Å². The molecule has 1 saturated carbocycles. The van der Waals surface area contributed by atoms with E-state index in [2.05, 4.69) is 4.57 Å². The Morgan fingerprint density at radius 1 is 1.24 bits per heavy atom. The van der Waals surface area contributed by atoms with Gasteiger partial charge in [0.15, 0.2) is 0 Å². The molecule has 0 radical (unpaired) electrons. The Morgan fingerprint density at radius 3 is 2.86 bits per heavy atom. The second-order valence-corrected chi connectivity index (χ2v) is 6.66. The van der Waals surface area contributed by atoms with Gasteiger partial charge in [0.2, 0.25) is 5.91 Å². The predicted octanol–water partition coefficient (Wildman–Crippen LogP) is 2.42. The van der Waals surface area contributed by atoms with Crippen molar-refractivity contribution in [3.8, 4) is 0 Å². The average molecular weight is 290 g/mol. The number of rotatable bonds is 4. The van der Waals surface area contributed by atoms with E-state index < -0.39 is 5.60 Å². The van der Waals surface area contributed by atoms with Crippen molar-refractivity contribution in [1.82, 2.24) is 9.47 Å². The zero-order valence-corrected chi connectivity index (χ0v) is 12.7. The lowest BCUT2D eigenvalue weighted by Gasteiger charge is -2.47. The van der Waals surface area contributed by atoms with Crippen LogP contribution in [0.1, 0.15) is 44.9 Å². The number of piperidine rings is 1. The number of amides is 1. The van der Waals surface area contributed by atoms with Gasteiger partial charge in [-0.25, -0.2) is 0 Å². The van der Waals surface area contributed by atoms with Crippen molar-refractivity contribution in [1.29, 1.82) is 0 Å². The first kappa shape index (κ1) is 14.6. The molecule has 1 aliphatic heterocycles. The molecule has 3 rings (SSSR count). The summed E-state index contributed by atoms with van der Waals surface area (Å²) >= 11 is 0. The minimum absolute atomic E-state index is 0.259. The molecule has 0 bridgehead atoms. The van der Waals surface area contributed by atoms with Gasteiger partial charge in [-0.2, -0.15) is 0 Å². The molecule has 21 heavy (non-hydrogen) atoms. The van der Waals surface area contributed by atoms with E-state index in [4.69, 9.17) is 0 Å². The summed E-state index contributed by atoms with van der Waals surface area (Å²) < 4.78 is 2.11. The molecule has 2 atom stereocenters. The molecule has 0 spiro atoms. The molecule has 0 aromatic carbocycles. The number of carbonyl (C=O) groups excluding carboxylic acids is 1. The van der Waals surface area contributed by atoms with E-state index in [0.717, 1.165) is 51.7 Å². The van der Waals surface area contributed by atoms with Crippen LogP contribution in [0.3, 0.4) is 0 Å². The first-order valence-corrected chi connectivity index (χ1v) is 8.28. The van der Waals surface area contributed by atoms with Crippen LogP contribution in [-0.2, 0) is 11.3 Å². The first-order chi connectivity index (χ1) is 10.2. The lowest BCUT2D eigenvalue weighted by molar-refractivity contribution is -0.143. The highest BCUT2D eigenvalue weighted by Crippen LogP contribution is 2.39. The summed E-state index contributed by atoms with van der Waals surface area (Å²) in [7, 11) is 0. The van der Waals surface area contributed by atoms with E-state index in [0.29, 0.717) is 12.3 Å². The van der Waals surface area contributed by atoms with Crippen molar-refractivity contribution >= 4 is 5.91 Å². The third-order valence-electron chi connectivity index (χ3n) is 5.25. The molecule has 116 valence electrons. The standard InChI is InChI=1S/C17H26N2O2/c20-16(7-5-12-18-10-3-4-11-18)19-13-9-17(21)8-2-1-6-15(17)14-19/h3-4,10-11,15,21H,1-2,5-9,12-14H2. The van der Waals surface area contributed by atoms with Crippen molar-refractivity contribution < 1.29 is 9.90 Å². The van der Waals surface area contributed by atoms with Gasteiger partial charge in [0.1, 0.15) is 0 Å². The number of fused-ring (bicyclic) bond motifs is 1. The monoisotopic (exact) mass is 290 g/mol. The predicted molar refractivity (Wildman–Crippen MR) is 81.8 cm³/mol. The van der Waals surface area contributed by atoms with Crippen LogP contribution in [0, 0.1) is 5.92 Å². The molecular formula is C17H26N2O2. The summed E-state index contributed by atoms with van der Waals surface area (Å²) in [5.41, 5.74) is -0.486. The van der Waals surface area contributed by atoms with Gasteiger partial charge in [-0.05, 0) is 37.8 Å². The van der Waals surface area contributed by atoms with Crippen LogP contribution in [-0.4, -0.2) is 39.2 Å². The molecule has 1 amide bonds. The molecule has 2 fully saturated rings. The van der Waals surface area contributed by atoms with Crippen molar-refractivity contribution in [3.63, 3.8) is 0 Å². The summed E-state index contributed by atoms with van der Waals surface area (Å²) in [6.07, 6.45) is 10.7. The molecule has 2 heterocycles. The lowest BCUT2D eigenvalue weighted by Crippen LogP contribution is -2.54. The lowest BCUT2D eigenvalue weighted by atomic mass is 9.71. The molecule has 1 aliphatic carbocycles. The first-order valence-electron chi connectivity index (χ1n) is 8.28. The van der Waals surface area contributed by atoms with Gasteiger partial charge >= 0.3 is 0 Å². The van der Waals surface area contributed by atoms with E-state index in [1.807, 2.05) is 29.4 Å². The van der Waals surface area contributed by atoms with Gasteiger partial charge in [0.25, 0.3) is 0 Å². The molecule has 1 aromatic rings. The number of nitrogens with zero attached hydrogens (tertiary/aromatic N) is 2. The number of aromatic nitrogens is 1. The maximum absolute atomic E-state index is 12.3. The smallest absolute Gasteiger partial charge is 0.222 e. The minimum atomic E-state index is -0.486. The fourth-order valence-corrected chi connectivity index (χ4v) is 3.89. The summed E-state index contributed by atoms with van der Waals surface area (Å²) in [4.78, 5) is 14.3. The van der Waals surface area contributed by atoms with E-state index >= 15 is 0 Å². The molecule has 1 saturated heterocycles. The molecule has 2 aliphatic rings. The normalized spacial score (nSPS) is 29.2. The SMILES string of the molecule is O=C(CCCn1cccc1)N1CCC2(O)CCCCC2C1. The molecule has 2 unspecified atom stereocenters. The highest BCUT2D eigenvalue weighted by atomic mass is 16.3. The van der Waals surface area contributed by atoms with E-state index in [9.17, 15) is 9.90 Å². The number of hydrogen-bond donors (Lipinski definition) is 1. The molecule has 1 N–H and O–H groups in total. The third kappa shape index (κ3) is 3.31. The van der Waals surface area contributed by atoms with E-state index in [-0.39, 0.29) is 5.91 Å². The maximum Gasteiger partial charge on any atom is 0.222 e. The Bertz CT molecular complexity index is 471. The number of carbonyl (C=O) groups is 1. The Balaban J connectivity index is 1.47. The molecule has 4 heteroatoms. The highest BCUT2D eigenvalue weighted by molar-refractivity contribution is 5.76. The number of aliphatic hydroxyl groups is 1. The Morgan fingerprint density at radius 2 is 2.05 bits per heavy atom. The van der Waals surface area contributed by atoms with E-state index in [1.54, 1.807) is 0 Å². The minimum Gasteiger partial charge on any atom is -0.389 e. The quantitative estimate of drug-likeness (QED) is 0.925. The van der Waals surface area contributed by atoms with Gasteiger partial charge in [-0.3, -0.25) is 4.79 Å². The second kappa shape index (κ2) is 6.22. The van der Waals surface area contributed by atoms with Gasteiger partial charge in [0, 0.05) is 44.4 Å². The Kier molecular flexibility index (Phi) is 4.34. The summed E-state index contributed by atoms with van der Waals surface area (Å²) in [5.74, 6) is 0.558. The fraction of sp³-hybridized carbons (Fsp3) is 0.706. The highest BCUT2D eigenvalue weighted by Gasteiger charge is 2.43. The van der Waals surface area contributed by atoms with Gasteiger partial charge in [-0.1, -0.05) is 12.8 Å². The van der Waals surface area contributed by atoms with Crippen LogP contribution < -0.4 is 0 Å². The number of aryl methyl sites for hydroxylation is 1. The van der Waals surface area contributed by atoms with Crippen LogP contribution in [0.5, 0.6) is 0 Å². The average Bonchev–Trinajstić information content (AvgIpc) is 2.99. The van der Waals surface area contributed by atoms with Crippen molar-refractivity contribution in [2.75, 3.05) is 13.1 Å². The number of hydrogen-bond acceptors (Lipinski definition) is 2. The number of likely N-dealkylation sites (tertiary alicyclic amines) is 1. The maximum atomic E-state index is 12.3.